The zero-order valence-electron chi connectivity index (χ0n) is 22.5. The summed E-state index contributed by atoms with van der Waals surface area (Å²) in [5.74, 6) is 0.291. The molecule has 1 aromatic carbocycles. The first kappa shape index (κ1) is 32.9. The van der Waals surface area contributed by atoms with E-state index in [0.717, 1.165) is 5.56 Å². The van der Waals surface area contributed by atoms with Gasteiger partial charge in [0.1, 0.15) is 12.3 Å². The molecule has 3 N–H and O–H groups in total. The maximum absolute atomic E-state index is 13.4. The monoisotopic (exact) mass is 649 g/mol. The number of sulfonamides is 1. The molecular weight excluding hydrogens is 625 g/mol. The molecule has 5 rings (SSSR count). The predicted octanol–water partition coefficient (Wildman–Crippen LogP) is 3.24. The van der Waals surface area contributed by atoms with Crippen molar-refractivity contribution in [3.05, 3.63) is 66.5 Å². The molecule has 43 heavy (non-hydrogen) atoms. The molecule has 0 aliphatic rings. The van der Waals surface area contributed by atoms with E-state index < -0.39 is 10.0 Å². The molecular formula is C25H25Cl2N9O6S. The van der Waals surface area contributed by atoms with E-state index in [-0.39, 0.29) is 77.9 Å². The third-order valence-electron chi connectivity index (χ3n) is 5.43. The lowest BCUT2D eigenvalue weighted by atomic mass is 10.2. The molecule has 0 fully saturated rings. The number of hydrogen-bond donors (Lipinski definition) is 3. The van der Waals surface area contributed by atoms with E-state index in [2.05, 4.69) is 45.3 Å². The summed E-state index contributed by atoms with van der Waals surface area (Å²) in [6.45, 7) is 1.27. The number of benzene rings is 1. The molecule has 0 bridgehead atoms. The van der Waals surface area contributed by atoms with Crippen LogP contribution in [0.5, 0.6) is 23.1 Å². The van der Waals surface area contributed by atoms with Gasteiger partial charge in [0, 0.05) is 18.0 Å². The average Bonchev–Trinajstić information content (AvgIpc) is 3.53. The van der Waals surface area contributed by atoms with Gasteiger partial charge >= 0.3 is 0 Å². The number of nitrogens with zero attached hydrogens (tertiary/aromatic N) is 7. The number of aliphatic hydroxyl groups is 1. The fourth-order valence-electron chi connectivity index (χ4n) is 3.53. The molecule has 15 nitrogen and oxygen atoms in total. The van der Waals surface area contributed by atoms with E-state index in [1.807, 2.05) is 0 Å². The second-order valence-corrected chi connectivity index (χ2v) is 9.93. The summed E-state index contributed by atoms with van der Waals surface area (Å²) in [6, 6.07) is 12.9. The number of anilines is 1. The fourth-order valence-corrected chi connectivity index (χ4v) is 4.46. The highest BCUT2D eigenvalue weighted by molar-refractivity contribution is 7.92. The molecule has 226 valence electrons. The number of para-hydroxylation sites is 2. The number of rotatable bonds is 11. The van der Waals surface area contributed by atoms with Gasteiger partial charge in [-0.3, -0.25) is 9.71 Å². The van der Waals surface area contributed by atoms with Gasteiger partial charge in [-0.25, -0.2) is 9.97 Å². The molecule has 0 saturated heterocycles. The molecule has 5 aromatic rings. The van der Waals surface area contributed by atoms with Crippen molar-refractivity contribution in [1.82, 2.24) is 40.6 Å². The SMILES string of the molecule is COc1ccccc1Oc1c(NS(=O)(=O)c2ccc(C)cn2)nc(-c2ccnc(-c3nn[nH]n3)c2)nc1OCCO.Cl.Cl. The topological polar surface area (TPSA) is 200 Å². The molecule has 0 saturated carbocycles. The molecule has 0 spiro atoms. The number of halogens is 2. The Labute approximate surface area is 258 Å². The Balaban J connectivity index is 0.00000253. The normalized spacial score (nSPS) is 10.7. The number of aromatic nitrogens is 8. The number of methoxy groups -OCH3 is 1. The number of aromatic amines is 1. The van der Waals surface area contributed by atoms with Gasteiger partial charge in [-0.05, 0) is 48.0 Å². The Bertz CT molecular complexity index is 1760. The third kappa shape index (κ3) is 7.61. The Kier molecular flexibility index (Phi) is 11.1. The smallest absolute Gasteiger partial charge is 0.280 e. The summed E-state index contributed by atoms with van der Waals surface area (Å²) in [7, 11) is -2.79. The Morgan fingerprint density at radius 3 is 2.47 bits per heavy atom. The van der Waals surface area contributed by atoms with Gasteiger partial charge in [0.25, 0.3) is 15.9 Å². The Hall–Kier alpha value is -4.64. The quantitative estimate of drug-likeness (QED) is 0.188. The lowest BCUT2D eigenvalue weighted by Gasteiger charge is -2.18. The number of pyridine rings is 2. The Morgan fingerprint density at radius 1 is 1.00 bits per heavy atom. The van der Waals surface area contributed by atoms with Crippen LogP contribution in [0.25, 0.3) is 22.9 Å². The van der Waals surface area contributed by atoms with Gasteiger partial charge < -0.3 is 19.3 Å². The van der Waals surface area contributed by atoms with Crippen molar-refractivity contribution in [3.8, 4) is 46.0 Å². The van der Waals surface area contributed by atoms with Crippen LogP contribution in [0.2, 0.25) is 0 Å². The maximum atomic E-state index is 13.4. The lowest BCUT2D eigenvalue weighted by molar-refractivity contribution is 0.192. The van der Waals surface area contributed by atoms with Crippen molar-refractivity contribution in [3.63, 3.8) is 0 Å². The third-order valence-corrected chi connectivity index (χ3v) is 6.68. The summed E-state index contributed by atoms with van der Waals surface area (Å²) in [6.07, 6.45) is 2.91. The van der Waals surface area contributed by atoms with Gasteiger partial charge in [-0.1, -0.05) is 18.2 Å². The molecule has 0 aliphatic carbocycles. The first-order valence-electron chi connectivity index (χ1n) is 12.0. The van der Waals surface area contributed by atoms with Crippen LogP contribution in [0.4, 0.5) is 5.82 Å². The van der Waals surface area contributed by atoms with Crippen molar-refractivity contribution in [2.75, 3.05) is 25.0 Å². The van der Waals surface area contributed by atoms with Crippen LogP contribution in [0, 0.1) is 6.92 Å². The molecule has 0 atom stereocenters. The highest BCUT2D eigenvalue weighted by atomic mass is 35.5. The summed E-state index contributed by atoms with van der Waals surface area (Å²) in [5, 5.41) is 23.0. The number of H-pyrrole nitrogens is 1. The van der Waals surface area contributed by atoms with Gasteiger partial charge in [0.2, 0.25) is 11.6 Å². The summed E-state index contributed by atoms with van der Waals surface area (Å²) in [5.41, 5.74) is 1.56. The molecule has 18 heteroatoms. The van der Waals surface area contributed by atoms with Crippen LogP contribution < -0.4 is 18.9 Å². The van der Waals surface area contributed by atoms with E-state index >= 15 is 0 Å². The van der Waals surface area contributed by atoms with E-state index in [1.165, 1.54) is 25.6 Å². The zero-order valence-corrected chi connectivity index (χ0v) is 25.0. The molecule has 0 aliphatic heterocycles. The second kappa shape index (κ2) is 14.5. The van der Waals surface area contributed by atoms with Crippen molar-refractivity contribution < 1.29 is 27.7 Å². The van der Waals surface area contributed by atoms with Crippen LogP contribution in [0.15, 0.2) is 66.0 Å². The maximum Gasteiger partial charge on any atom is 0.280 e. The highest BCUT2D eigenvalue weighted by Crippen LogP contribution is 2.41. The van der Waals surface area contributed by atoms with Crippen LogP contribution in [-0.4, -0.2) is 74.4 Å². The van der Waals surface area contributed by atoms with Crippen molar-refractivity contribution >= 4 is 40.7 Å². The van der Waals surface area contributed by atoms with E-state index in [0.29, 0.717) is 17.0 Å². The second-order valence-electron chi connectivity index (χ2n) is 8.30. The standard InChI is InChI=1S/C25H23N9O6S.2ClH/c1-15-7-8-20(27-14-15)41(36,37)32-24-21(40-19-6-4-3-5-18(19)38-2)25(39-12-11-35)29-22(28-24)16-9-10-26-17(13-16)23-30-33-34-31-23;;/h3-10,13-14,35H,11-12H2,1-2H3,(H,28,29,32)(H,30,31,33,34);2*1H. The first-order chi connectivity index (χ1) is 19.9. The zero-order chi connectivity index (χ0) is 28.8. The molecule has 4 aromatic heterocycles. The number of nitrogens with one attached hydrogen (secondary N) is 2. The summed E-state index contributed by atoms with van der Waals surface area (Å²) >= 11 is 0. The van der Waals surface area contributed by atoms with Gasteiger partial charge in [0.05, 0.1) is 13.7 Å². The number of tetrazole rings is 1. The minimum absolute atomic E-state index is 0. The minimum Gasteiger partial charge on any atom is -0.493 e. The van der Waals surface area contributed by atoms with Crippen LogP contribution >= 0.6 is 24.8 Å². The van der Waals surface area contributed by atoms with Crippen molar-refractivity contribution in [2.45, 2.75) is 11.9 Å². The van der Waals surface area contributed by atoms with Crippen LogP contribution in [0.3, 0.4) is 0 Å². The summed E-state index contributed by atoms with van der Waals surface area (Å²) < 4.78 is 46.4. The largest absolute Gasteiger partial charge is 0.493 e. The number of aliphatic hydroxyl groups excluding tert-OH is 1. The van der Waals surface area contributed by atoms with Gasteiger partial charge in [-0.15, -0.1) is 35.0 Å². The van der Waals surface area contributed by atoms with Crippen molar-refractivity contribution in [2.24, 2.45) is 0 Å². The minimum atomic E-state index is -4.25. The summed E-state index contributed by atoms with van der Waals surface area (Å²) in [4.78, 5) is 17.2. The van der Waals surface area contributed by atoms with E-state index in [1.54, 1.807) is 49.4 Å². The van der Waals surface area contributed by atoms with Gasteiger partial charge in [0.15, 0.2) is 28.2 Å². The number of aryl methyl sites for hydroxylation is 1. The molecule has 0 radical (unpaired) electrons. The highest BCUT2D eigenvalue weighted by Gasteiger charge is 2.26. The predicted molar refractivity (Wildman–Crippen MR) is 158 cm³/mol. The average molecular weight is 651 g/mol. The lowest BCUT2D eigenvalue weighted by Crippen LogP contribution is -2.17. The van der Waals surface area contributed by atoms with Gasteiger partial charge in [-0.2, -0.15) is 18.6 Å². The van der Waals surface area contributed by atoms with Crippen LogP contribution in [0.1, 0.15) is 5.56 Å². The number of hydrogen-bond acceptors (Lipinski definition) is 13. The van der Waals surface area contributed by atoms with E-state index in [4.69, 9.17) is 14.2 Å². The molecule has 0 amide bonds. The Morgan fingerprint density at radius 2 is 1.79 bits per heavy atom. The molecule has 0 unspecified atom stereocenters. The fraction of sp³-hybridized carbons (Fsp3) is 0.160. The van der Waals surface area contributed by atoms with Crippen LogP contribution in [-0.2, 0) is 10.0 Å². The number of ether oxygens (including phenoxy) is 3. The van der Waals surface area contributed by atoms with Crippen molar-refractivity contribution in [1.29, 1.82) is 0 Å². The van der Waals surface area contributed by atoms with E-state index in [9.17, 15) is 13.5 Å². The molecule has 4 heterocycles. The first-order valence-corrected chi connectivity index (χ1v) is 13.5.